The number of carboxylic acid groups (broad SMARTS) is 1. The van der Waals surface area contributed by atoms with Gasteiger partial charge in [-0.2, -0.15) is 0 Å². The zero-order valence-corrected chi connectivity index (χ0v) is 9.11. The van der Waals surface area contributed by atoms with Crippen LogP contribution in [0, 0.1) is 0 Å². The molecule has 1 saturated carbocycles. The molecule has 0 aromatic heterocycles. The van der Waals surface area contributed by atoms with E-state index >= 15 is 0 Å². The Morgan fingerprint density at radius 1 is 1.13 bits per heavy atom. The van der Waals surface area contributed by atoms with Crippen LogP contribution in [0.2, 0.25) is 0 Å². The molecule has 2 aliphatic rings. The number of amides is 1. The van der Waals surface area contributed by atoms with E-state index in [1.54, 1.807) is 4.90 Å². The van der Waals surface area contributed by atoms with Crippen LogP contribution in [0.4, 0.5) is 4.79 Å². The van der Waals surface area contributed by atoms with E-state index in [1.165, 1.54) is 19.3 Å². The quantitative estimate of drug-likeness (QED) is 0.732. The van der Waals surface area contributed by atoms with Crippen molar-refractivity contribution in [2.45, 2.75) is 50.6 Å². The molecule has 2 rings (SSSR count). The van der Waals surface area contributed by atoms with Crippen molar-refractivity contribution in [3.8, 4) is 0 Å². The molecule has 1 amide bonds. The Morgan fingerprint density at radius 2 is 1.87 bits per heavy atom. The summed E-state index contributed by atoms with van der Waals surface area (Å²) < 4.78 is 0. The first-order valence-corrected chi connectivity index (χ1v) is 5.99. The molecule has 0 aromatic carbocycles. The molecule has 2 fully saturated rings. The first kappa shape index (κ1) is 10.7. The molecule has 1 aliphatic carbocycles. The van der Waals surface area contributed by atoms with Gasteiger partial charge in [-0.3, -0.25) is 0 Å². The number of nitrogens with one attached hydrogen (secondary N) is 1. The second-order valence-corrected chi connectivity index (χ2v) is 4.72. The maximum absolute atomic E-state index is 10.9. The van der Waals surface area contributed by atoms with Crippen molar-refractivity contribution >= 4 is 6.09 Å². The summed E-state index contributed by atoms with van der Waals surface area (Å²) in [6.45, 7) is 1.38. The van der Waals surface area contributed by atoms with Crippen LogP contribution in [-0.2, 0) is 0 Å². The molecule has 86 valence electrons. The minimum absolute atomic E-state index is 0.383. The second kappa shape index (κ2) is 4.84. The van der Waals surface area contributed by atoms with Crippen molar-refractivity contribution in [1.82, 2.24) is 10.2 Å². The smallest absolute Gasteiger partial charge is 0.407 e. The Morgan fingerprint density at radius 3 is 2.47 bits per heavy atom. The predicted octanol–water partition coefficient (Wildman–Crippen LogP) is 1.66. The van der Waals surface area contributed by atoms with Gasteiger partial charge >= 0.3 is 6.09 Å². The van der Waals surface area contributed by atoms with Crippen molar-refractivity contribution in [2.24, 2.45) is 0 Å². The van der Waals surface area contributed by atoms with E-state index in [9.17, 15) is 4.79 Å². The zero-order valence-electron chi connectivity index (χ0n) is 9.11. The zero-order chi connectivity index (χ0) is 10.7. The van der Waals surface area contributed by atoms with E-state index in [1.807, 2.05) is 0 Å². The molecular weight excluding hydrogens is 192 g/mol. The summed E-state index contributed by atoms with van der Waals surface area (Å²) in [5.41, 5.74) is 0. The molecule has 0 aromatic rings. The van der Waals surface area contributed by atoms with Crippen molar-refractivity contribution in [1.29, 1.82) is 0 Å². The van der Waals surface area contributed by atoms with E-state index < -0.39 is 6.09 Å². The number of nitrogens with zero attached hydrogens (tertiary/aromatic N) is 1. The summed E-state index contributed by atoms with van der Waals surface area (Å²) in [4.78, 5) is 12.5. The van der Waals surface area contributed by atoms with Crippen LogP contribution in [0.1, 0.15) is 38.5 Å². The van der Waals surface area contributed by atoms with Crippen LogP contribution in [0.5, 0.6) is 0 Å². The summed E-state index contributed by atoms with van der Waals surface area (Å²) in [6, 6.07) is 1.04. The summed E-state index contributed by atoms with van der Waals surface area (Å²) in [6.07, 6.45) is 6.38. The second-order valence-electron chi connectivity index (χ2n) is 4.72. The van der Waals surface area contributed by atoms with Crippen LogP contribution in [0.3, 0.4) is 0 Å². The van der Waals surface area contributed by atoms with Gasteiger partial charge in [-0.1, -0.05) is 12.8 Å². The minimum Gasteiger partial charge on any atom is -0.465 e. The Bertz CT molecular complexity index is 229. The fourth-order valence-corrected chi connectivity index (χ4v) is 2.36. The summed E-state index contributed by atoms with van der Waals surface area (Å²) in [7, 11) is 0. The van der Waals surface area contributed by atoms with E-state index in [0.29, 0.717) is 25.2 Å². The largest absolute Gasteiger partial charge is 0.465 e. The lowest BCUT2D eigenvalue weighted by atomic mass is 9.92. The Balaban J connectivity index is 1.83. The molecule has 1 atom stereocenters. The lowest BCUT2D eigenvalue weighted by Gasteiger charge is -2.32. The van der Waals surface area contributed by atoms with E-state index in [0.717, 1.165) is 19.3 Å². The molecule has 1 heterocycles. The van der Waals surface area contributed by atoms with Gasteiger partial charge in [0, 0.05) is 25.2 Å². The van der Waals surface area contributed by atoms with Gasteiger partial charge in [-0.15, -0.1) is 0 Å². The molecule has 0 radical (unpaired) electrons. The van der Waals surface area contributed by atoms with E-state index in [-0.39, 0.29) is 0 Å². The lowest BCUT2D eigenvalue weighted by molar-refractivity contribution is 0.140. The number of hydrogen-bond acceptors (Lipinski definition) is 2. The standard InChI is InChI=1S/C11H20N2O2/c14-11(15)13-7-2-1-4-10(8-13)12-9-5-3-6-9/h9-10,12H,1-8H2,(H,14,15)/t10-/m1/s1. The molecule has 0 unspecified atom stereocenters. The highest BCUT2D eigenvalue weighted by atomic mass is 16.4. The highest BCUT2D eigenvalue weighted by molar-refractivity contribution is 5.65. The van der Waals surface area contributed by atoms with Crippen LogP contribution in [0.15, 0.2) is 0 Å². The third kappa shape index (κ3) is 2.84. The van der Waals surface area contributed by atoms with Crippen LogP contribution < -0.4 is 5.32 Å². The third-order valence-corrected chi connectivity index (χ3v) is 3.52. The van der Waals surface area contributed by atoms with Gasteiger partial charge in [0.15, 0.2) is 0 Å². The van der Waals surface area contributed by atoms with Gasteiger partial charge in [0.1, 0.15) is 0 Å². The summed E-state index contributed by atoms with van der Waals surface area (Å²) >= 11 is 0. The van der Waals surface area contributed by atoms with Gasteiger partial charge in [-0.25, -0.2) is 4.79 Å². The average Bonchev–Trinajstić information content (AvgIpc) is 2.36. The molecule has 1 saturated heterocycles. The first-order chi connectivity index (χ1) is 7.25. The van der Waals surface area contributed by atoms with Gasteiger partial charge in [0.2, 0.25) is 0 Å². The molecule has 0 bridgehead atoms. The fourth-order valence-electron chi connectivity index (χ4n) is 2.36. The van der Waals surface area contributed by atoms with Crippen LogP contribution >= 0.6 is 0 Å². The molecular formula is C11H20N2O2. The van der Waals surface area contributed by atoms with Crippen molar-refractivity contribution < 1.29 is 9.90 Å². The third-order valence-electron chi connectivity index (χ3n) is 3.52. The lowest BCUT2D eigenvalue weighted by Crippen LogP contribution is -2.48. The molecule has 0 spiro atoms. The number of likely N-dealkylation sites (tertiary alicyclic amines) is 1. The van der Waals surface area contributed by atoms with Crippen molar-refractivity contribution in [2.75, 3.05) is 13.1 Å². The summed E-state index contributed by atoms with van der Waals surface area (Å²) in [5, 5.41) is 12.6. The highest BCUT2D eigenvalue weighted by Crippen LogP contribution is 2.20. The first-order valence-electron chi connectivity index (χ1n) is 5.99. The maximum atomic E-state index is 10.9. The molecule has 2 N–H and O–H groups in total. The predicted molar refractivity (Wildman–Crippen MR) is 58.0 cm³/mol. The number of rotatable bonds is 2. The molecule has 4 nitrogen and oxygen atoms in total. The van der Waals surface area contributed by atoms with Crippen molar-refractivity contribution in [3.05, 3.63) is 0 Å². The minimum atomic E-state index is -0.766. The average molecular weight is 212 g/mol. The summed E-state index contributed by atoms with van der Waals surface area (Å²) in [5.74, 6) is 0. The molecule has 15 heavy (non-hydrogen) atoms. The number of carbonyl (C=O) groups is 1. The van der Waals surface area contributed by atoms with Crippen LogP contribution in [0.25, 0.3) is 0 Å². The van der Waals surface area contributed by atoms with Gasteiger partial charge in [0.05, 0.1) is 0 Å². The van der Waals surface area contributed by atoms with Gasteiger partial charge < -0.3 is 15.3 Å². The van der Waals surface area contributed by atoms with Gasteiger partial charge in [0.25, 0.3) is 0 Å². The molecule has 1 aliphatic heterocycles. The van der Waals surface area contributed by atoms with Crippen LogP contribution in [-0.4, -0.2) is 41.3 Å². The van der Waals surface area contributed by atoms with Crippen molar-refractivity contribution in [3.63, 3.8) is 0 Å². The Kier molecular flexibility index (Phi) is 3.46. The Labute approximate surface area is 90.6 Å². The maximum Gasteiger partial charge on any atom is 0.407 e. The fraction of sp³-hybridized carbons (Fsp3) is 0.909. The number of hydrogen-bond donors (Lipinski definition) is 2. The van der Waals surface area contributed by atoms with Gasteiger partial charge in [-0.05, 0) is 25.7 Å². The van der Waals surface area contributed by atoms with E-state index in [2.05, 4.69) is 5.32 Å². The Hall–Kier alpha value is -0.770. The normalized spacial score (nSPS) is 28.3. The van der Waals surface area contributed by atoms with E-state index in [4.69, 9.17) is 5.11 Å². The monoisotopic (exact) mass is 212 g/mol. The molecule has 4 heteroatoms. The SMILES string of the molecule is O=C(O)N1CCCC[C@@H](NC2CCC2)C1. The highest BCUT2D eigenvalue weighted by Gasteiger charge is 2.25. The topological polar surface area (TPSA) is 52.6 Å².